The fraction of sp³-hybridized carbons (Fsp3) is 0.0714. The van der Waals surface area contributed by atoms with E-state index in [9.17, 15) is 8.78 Å². The molecule has 21 heavy (non-hydrogen) atoms. The predicted molar refractivity (Wildman–Crippen MR) is 84.2 cm³/mol. The molecule has 0 spiro atoms. The van der Waals surface area contributed by atoms with Gasteiger partial charge in [0.05, 0.1) is 12.8 Å². The zero-order valence-corrected chi connectivity index (χ0v) is 12.5. The molecule has 110 valence electrons. The van der Waals surface area contributed by atoms with Gasteiger partial charge in [0.1, 0.15) is 5.82 Å². The molecule has 0 atom stereocenters. The summed E-state index contributed by atoms with van der Waals surface area (Å²) in [5.41, 5.74) is 0.589. The monoisotopic (exact) mass is 328 g/mol. The van der Waals surface area contributed by atoms with E-state index >= 15 is 0 Å². The van der Waals surface area contributed by atoms with E-state index in [4.69, 9.17) is 28.6 Å². The maximum Gasteiger partial charge on any atom is 0.175 e. The highest BCUT2D eigenvalue weighted by atomic mass is 35.5. The Morgan fingerprint density at radius 2 is 1.86 bits per heavy atom. The van der Waals surface area contributed by atoms with Crippen molar-refractivity contribution in [3.8, 4) is 5.75 Å². The third-order valence-electron chi connectivity index (χ3n) is 2.59. The number of anilines is 2. The van der Waals surface area contributed by atoms with Gasteiger partial charge in [0, 0.05) is 16.8 Å². The van der Waals surface area contributed by atoms with Gasteiger partial charge in [0.25, 0.3) is 0 Å². The van der Waals surface area contributed by atoms with Crippen molar-refractivity contribution >= 4 is 40.3 Å². The molecule has 0 fully saturated rings. The lowest BCUT2D eigenvalue weighted by Gasteiger charge is -2.12. The zero-order chi connectivity index (χ0) is 15.4. The van der Waals surface area contributed by atoms with Gasteiger partial charge >= 0.3 is 0 Å². The van der Waals surface area contributed by atoms with Crippen LogP contribution in [0, 0.1) is 11.6 Å². The molecule has 7 heteroatoms. The van der Waals surface area contributed by atoms with Gasteiger partial charge in [-0.15, -0.1) is 0 Å². The van der Waals surface area contributed by atoms with Crippen molar-refractivity contribution in [3.05, 3.63) is 53.1 Å². The highest BCUT2D eigenvalue weighted by Crippen LogP contribution is 2.22. The smallest absolute Gasteiger partial charge is 0.175 e. The number of hydrogen-bond acceptors (Lipinski definition) is 2. The summed E-state index contributed by atoms with van der Waals surface area (Å²) in [6.07, 6.45) is 0. The van der Waals surface area contributed by atoms with Gasteiger partial charge in [0.15, 0.2) is 16.7 Å². The van der Waals surface area contributed by atoms with Gasteiger partial charge < -0.3 is 15.4 Å². The maximum absolute atomic E-state index is 13.6. The van der Waals surface area contributed by atoms with Crippen LogP contribution in [-0.2, 0) is 0 Å². The molecule has 0 amide bonds. The normalized spacial score (nSPS) is 10.1. The summed E-state index contributed by atoms with van der Waals surface area (Å²) in [5.74, 6) is -0.932. The molecule has 0 unspecified atom stereocenters. The number of nitrogens with one attached hydrogen (secondary N) is 2. The van der Waals surface area contributed by atoms with Crippen LogP contribution in [-0.4, -0.2) is 12.2 Å². The summed E-state index contributed by atoms with van der Waals surface area (Å²) >= 11 is 10.7. The van der Waals surface area contributed by atoms with Crippen molar-refractivity contribution in [3.63, 3.8) is 0 Å². The SMILES string of the molecule is COc1ccc(NC(=S)Nc2ccc(Cl)cc2F)cc1F. The molecule has 0 saturated carbocycles. The summed E-state index contributed by atoms with van der Waals surface area (Å²) in [4.78, 5) is 0. The molecular formula is C14H11ClF2N2OS. The molecule has 0 aliphatic carbocycles. The maximum atomic E-state index is 13.6. The van der Waals surface area contributed by atoms with E-state index in [2.05, 4.69) is 10.6 Å². The molecule has 0 bridgehead atoms. The first-order valence-corrected chi connectivity index (χ1v) is 6.65. The highest BCUT2D eigenvalue weighted by Gasteiger charge is 2.07. The molecule has 0 aliphatic heterocycles. The minimum Gasteiger partial charge on any atom is -0.494 e. The Kier molecular flexibility index (Phi) is 4.93. The lowest BCUT2D eigenvalue weighted by molar-refractivity contribution is 0.387. The summed E-state index contributed by atoms with van der Waals surface area (Å²) < 4.78 is 31.9. The Hall–Kier alpha value is -1.92. The lowest BCUT2D eigenvalue weighted by Crippen LogP contribution is -2.19. The van der Waals surface area contributed by atoms with E-state index in [1.54, 1.807) is 6.07 Å². The fourth-order valence-corrected chi connectivity index (χ4v) is 2.01. The van der Waals surface area contributed by atoms with Gasteiger partial charge in [-0.1, -0.05) is 11.6 Å². The Balaban J connectivity index is 2.06. The van der Waals surface area contributed by atoms with Crippen LogP contribution in [0.25, 0.3) is 0 Å². The van der Waals surface area contributed by atoms with Crippen molar-refractivity contribution < 1.29 is 13.5 Å². The van der Waals surface area contributed by atoms with E-state index in [-0.39, 0.29) is 21.6 Å². The Morgan fingerprint density at radius 3 is 2.48 bits per heavy atom. The van der Waals surface area contributed by atoms with Crippen LogP contribution >= 0.6 is 23.8 Å². The van der Waals surface area contributed by atoms with Crippen molar-refractivity contribution in [2.75, 3.05) is 17.7 Å². The standard InChI is InChI=1S/C14H11ClF2N2OS/c1-20-13-5-3-9(7-11(13)17)18-14(21)19-12-4-2-8(15)6-10(12)16/h2-7H,1H3,(H2,18,19,21). The molecule has 0 aliphatic rings. The number of thiocarbonyl (C=S) groups is 1. The molecule has 3 nitrogen and oxygen atoms in total. The first-order valence-electron chi connectivity index (χ1n) is 5.86. The van der Waals surface area contributed by atoms with Crippen molar-refractivity contribution in [2.45, 2.75) is 0 Å². The molecule has 0 radical (unpaired) electrons. The van der Waals surface area contributed by atoms with Gasteiger partial charge in [-0.25, -0.2) is 8.78 Å². The average molecular weight is 329 g/mol. The number of hydrogen-bond donors (Lipinski definition) is 2. The number of ether oxygens (including phenoxy) is 1. The number of methoxy groups -OCH3 is 1. The summed E-state index contributed by atoms with van der Waals surface area (Å²) in [7, 11) is 1.38. The fourth-order valence-electron chi connectivity index (χ4n) is 1.62. The van der Waals surface area contributed by atoms with Crippen LogP contribution in [0.4, 0.5) is 20.2 Å². The molecular weight excluding hydrogens is 318 g/mol. The third-order valence-corrected chi connectivity index (χ3v) is 3.03. The van der Waals surface area contributed by atoms with Crippen molar-refractivity contribution in [1.29, 1.82) is 0 Å². The Morgan fingerprint density at radius 1 is 1.10 bits per heavy atom. The van der Waals surface area contributed by atoms with Crippen LogP contribution in [0.5, 0.6) is 5.75 Å². The second kappa shape index (κ2) is 6.69. The molecule has 2 aromatic rings. The molecule has 2 rings (SSSR count). The summed E-state index contributed by atoms with van der Waals surface area (Å²) in [6, 6.07) is 8.44. The molecule has 0 aromatic heterocycles. The Labute approximate surface area is 130 Å². The van der Waals surface area contributed by atoms with Crippen LogP contribution in [0.15, 0.2) is 36.4 Å². The van der Waals surface area contributed by atoms with E-state index in [1.165, 1.54) is 37.4 Å². The number of benzene rings is 2. The first-order chi connectivity index (χ1) is 9.99. The Bertz CT molecular complexity index is 682. The molecule has 2 aromatic carbocycles. The first kappa shape index (κ1) is 15.5. The minimum atomic E-state index is -0.535. The van der Waals surface area contributed by atoms with E-state index < -0.39 is 11.6 Å². The lowest BCUT2D eigenvalue weighted by atomic mass is 10.3. The second-order valence-electron chi connectivity index (χ2n) is 4.05. The highest BCUT2D eigenvalue weighted by molar-refractivity contribution is 7.80. The van der Waals surface area contributed by atoms with Gasteiger partial charge in [0.2, 0.25) is 0 Å². The van der Waals surface area contributed by atoms with Gasteiger partial charge in [-0.05, 0) is 42.5 Å². The van der Waals surface area contributed by atoms with E-state index in [0.29, 0.717) is 5.69 Å². The average Bonchev–Trinajstić information content (AvgIpc) is 2.42. The van der Waals surface area contributed by atoms with E-state index in [0.717, 1.165) is 0 Å². The second-order valence-corrected chi connectivity index (χ2v) is 4.90. The van der Waals surface area contributed by atoms with Gasteiger partial charge in [-0.2, -0.15) is 0 Å². The van der Waals surface area contributed by atoms with Crippen molar-refractivity contribution in [1.82, 2.24) is 0 Å². The predicted octanol–water partition coefficient (Wildman–Crippen LogP) is 4.44. The third kappa shape index (κ3) is 4.03. The number of rotatable bonds is 3. The molecule has 0 heterocycles. The summed E-state index contributed by atoms with van der Waals surface area (Å²) in [6.45, 7) is 0. The summed E-state index contributed by atoms with van der Waals surface area (Å²) in [5, 5.41) is 5.83. The topological polar surface area (TPSA) is 33.3 Å². The van der Waals surface area contributed by atoms with E-state index in [1.807, 2.05) is 0 Å². The van der Waals surface area contributed by atoms with Crippen LogP contribution in [0.1, 0.15) is 0 Å². The quantitative estimate of drug-likeness (QED) is 0.816. The van der Waals surface area contributed by atoms with Crippen LogP contribution in [0.2, 0.25) is 5.02 Å². The number of halogens is 3. The van der Waals surface area contributed by atoms with Crippen LogP contribution in [0.3, 0.4) is 0 Å². The largest absolute Gasteiger partial charge is 0.494 e. The zero-order valence-electron chi connectivity index (χ0n) is 10.9. The molecule has 2 N–H and O–H groups in total. The van der Waals surface area contributed by atoms with Crippen LogP contribution < -0.4 is 15.4 Å². The minimum absolute atomic E-state index is 0.126. The molecule has 0 saturated heterocycles. The van der Waals surface area contributed by atoms with Crippen molar-refractivity contribution in [2.24, 2.45) is 0 Å². The van der Waals surface area contributed by atoms with Gasteiger partial charge in [-0.3, -0.25) is 0 Å².